The van der Waals surface area contributed by atoms with Gasteiger partial charge < -0.3 is 9.84 Å². The molecule has 0 heterocycles. The predicted molar refractivity (Wildman–Crippen MR) is 106 cm³/mol. The van der Waals surface area contributed by atoms with Gasteiger partial charge in [-0.1, -0.05) is 41.5 Å². The van der Waals surface area contributed by atoms with Crippen LogP contribution in [0.1, 0.15) is 73.6 Å². The van der Waals surface area contributed by atoms with Crippen molar-refractivity contribution in [1.29, 1.82) is 0 Å². The third kappa shape index (κ3) is 13.6. The van der Waals surface area contributed by atoms with E-state index in [1.807, 2.05) is 47.0 Å². The molecule has 6 N–H and O–H groups in total. The molecule has 2 atom stereocenters. The van der Waals surface area contributed by atoms with E-state index in [1.165, 1.54) is 0 Å². The van der Waals surface area contributed by atoms with Gasteiger partial charge in [-0.25, -0.2) is 5.84 Å². The summed E-state index contributed by atoms with van der Waals surface area (Å²) in [6, 6.07) is 0. The smallest absolute Gasteiger partial charge is 0.306 e. The molecule has 0 saturated heterocycles. The first-order chi connectivity index (χ1) is 13.1. The van der Waals surface area contributed by atoms with Gasteiger partial charge in [-0.15, -0.1) is 0 Å². The monoisotopic (exact) mass is 416 g/mol. The van der Waals surface area contributed by atoms with Crippen molar-refractivity contribution in [2.24, 2.45) is 16.7 Å². The standard InChI is InChI=1S/C19H36N4O6/c1-18(2,3)11-12(9-13(24)19(4,5)6)29-17(28)8-7-14(25)22-23-16(27)10-15(26)21-20/h12-13,24H,7-11,20H2,1-6H3,(H,21,26)(H,22,25)(H,23,27). The van der Waals surface area contributed by atoms with Crippen LogP contribution >= 0.6 is 0 Å². The van der Waals surface area contributed by atoms with Crippen LogP contribution in [0.15, 0.2) is 0 Å². The summed E-state index contributed by atoms with van der Waals surface area (Å²) < 4.78 is 5.50. The third-order valence-corrected chi connectivity index (χ3v) is 4.00. The van der Waals surface area contributed by atoms with E-state index in [4.69, 9.17) is 10.6 Å². The minimum absolute atomic E-state index is 0.111. The van der Waals surface area contributed by atoms with E-state index in [1.54, 1.807) is 5.43 Å². The Morgan fingerprint density at radius 2 is 1.48 bits per heavy atom. The lowest BCUT2D eigenvalue weighted by Gasteiger charge is -2.32. The maximum Gasteiger partial charge on any atom is 0.306 e. The van der Waals surface area contributed by atoms with Gasteiger partial charge in [0.05, 0.1) is 12.5 Å². The number of rotatable bonds is 9. The molecule has 168 valence electrons. The van der Waals surface area contributed by atoms with Crippen LogP contribution in [-0.4, -0.2) is 41.0 Å². The molecule has 10 nitrogen and oxygen atoms in total. The van der Waals surface area contributed by atoms with Crippen LogP contribution in [-0.2, 0) is 23.9 Å². The maximum absolute atomic E-state index is 12.2. The van der Waals surface area contributed by atoms with Crippen molar-refractivity contribution in [2.75, 3.05) is 0 Å². The molecule has 0 spiro atoms. The fourth-order valence-electron chi connectivity index (χ4n) is 2.36. The molecular weight excluding hydrogens is 380 g/mol. The lowest BCUT2D eigenvalue weighted by Crippen LogP contribution is -2.44. The molecule has 0 aliphatic rings. The van der Waals surface area contributed by atoms with Gasteiger partial charge in [-0.3, -0.25) is 35.5 Å². The van der Waals surface area contributed by atoms with E-state index in [0.29, 0.717) is 12.8 Å². The Labute approximate surface area is 172 Å². The van der Waals surface area contributed by atoms with Crippen molar-refractivity contribution < 1.29 is 29.0 Å². The average molecular weight is 417 g/mol. The van der Waals surface area contributed by atoms with E-state index in [-0.39, 0.29) is 23.7 Å². The van der Waals surface area contributed by atoms with E-state index < -0.39 is 42.3 Å². The van der Waals surface area contributed by atoms with Crippen molar-refractivity contribution in [3.05, 3.63) is 0 Å². The summed E-state index contributed by atoms with van der Waals surface area (Å²) in [6.45, 7) is 11.8. The highest BCUT2D eigenvalue weighted by Gasteiger charge is 2.30. The van der Waals surface area contributed by atoms with Crippen LogP contribution in [0, 0.1) is 10.8 Å². The Bertz CT molecular complexity index is 580. The van der Waals surface area contributed by atoms with Crippen LogP contribution in [0.4, 0.5) is 0 Å². The molecule has 0 bridgehead atoms. The van der Waals surface area contributed by atoms with Crippen molar-refractivity contribution in [2.45, 2.75) is 85.9 Å². The Morgan fingerprint density at radius 3 is 1.97 bits per heavy atom. The number of hydrazine groups is 2. The topological polar surface area (TPSA) is 160 Å². The van der Waals surface area contributed by atoms with Gasteiger partial charge in [0.15, 0.2) is 0 Å². The molecular formula is C19H36N4O6. The van der Waals surface area contributed by atoms with Crippen molar-refractivity contribution in [3.63, 3.8) is 0 Å². The van der Waals surface area contributed by atoms with E-state index in [2.05, 4.69) is 5.43 Å². The number of nitrogens with two attached hydrogens (primary N) is 1. The largest absolute Gasteiger partial charge is 0.462 e. The Morgan fingerprint density at radius 1 is 0.931 bits per heavy atom. The first-order valence-electron chi connectivity index (χ1n) is 9.58. The van der Waals surface area contributed by atoms with Gasteiger partial charge in [0.1, 0.15) is 12.5 Å². The number of carbonyl (C=O) groups is 4. The second-order valence-electron chi connectivity index (χ2n) is 9.33. The lowest BCUT2D eigenvalue weighted by molar-refractivity contribution is -0.154. The number of hydrogen-bond acceptors (Lipinski definition) is 7. The van der Waals surface area contributed by atoms with Gasteiger partial charge >= 0.3 is 5.97 Å². The molecule has 29 heavy (non-hydrogen) atoms. The van der Waals surface area contributed by atoms with Gasteiger partial charge in [0.2, 0.25) is 17.7 Å². The molecule has 0 radical (unpaired) electrons. The summed E-state index contributed by atoms with van der Waals surface area (Å²) in [5.74, 6) is 2.23. The number of hydrogen-bond donors (Lipinski definition) is 5. The molecule has 0 aliphatic carbocycles. The molecule has 0 aliphatic heterocycles. The molecule has 0 fully saturated rings. The van der Waals surface area contributed by atoms with Crippen molar-refractivity contribution in [1.82, 2.24) is 16.3 Å². The van der Waals surface area contributed by atoms with E-state index in [0.717, 1.165) is 0 Å². The quantitative estimate of drug-likeness (QED) is 0.120. The van der Waals surface area contributed by atoms with E-state index >= 15 is 0 Å². The summed E-state index contributed by atoms with van der Waals surface area (Å²) in [4.78, 5) is 46.2. The highest BCUT2D eigenvalue weighted by Crippen LogP contribution is 2.29. The Kier molecular flexibility index (Phi) is 10.8. The fraction of sp³-hybridized carbons (Fsp3) is 0.789. The SMILES string of the molecule is CC(C)(C)CC(CC(O)C(C)(C)C)OC(=O)CCC(=O)NNC(=O)CC(=O)NN. The zero-order valence-electron chi connectivity index (χ0n) is 18.3. The highest BCUT2D eigenvalue weighted by molar-refractivity contribution is 5.97. The van der Waals surface area contributed by atoms with Crippen LogP contribution in [0.5, 0.6) is 0 Å². The summed E-state index contributed by atoms with van der Waals surface area (Å²) >= 11 is 0. The Hall–Kier alpha value is -2.20. The third-order valence-electron chi connectivity index (χ3n) is 4.00. The summed E-state index contributed by atoms with van der Waals surface area (Å²) in [7, 11) is 0. The molecule has 3 amide bonds. The zero-order chi connectivity index (χ0) is 22.8. The second kappa shape index (κ2) is 11.7. The second-order valence-corrected chi connectivity index (χ2v) is 9.33. The number of amides is 3. The first kappa shape index (κ1) is 26.8. The van der Waals surface area contributed by atoms with Crippen molar-refractivity contribution in [3.8, 4) is 0 Å². The normalized spacial score (nSPS) is 13.8. The number of carbonyl (C=O) groups excluding carboxylic acids is 4. The first-order valence-corrected chi connectivity index (χ1v) is 9.58. The molecule has 0 aromatic carbocycles. The summed E-state index contributed by atoms with van der Waals surface area (Å²) in [6.07, 6.45) is -1.18. The van der Waals surface area contributed by atoms with Gasteiger partial charge in [0.25, 0.3) is 0 Å². The molecule has 2 unspecified atom stereocenters. The van der Waals surface area contributed by atoms with Crippen LogP contribution in [0.2, 0.25) is 0 Å². The zero-order valence-corrected chi connectivity index (χ0v) is 18.3. The number of aliphatic hydroxyl groups is 1. The van der Waals surface area contributed by atoms with Crippen LogP contribution in [0.25, 0.3) is 0 Å². The van der Waals surface area contributed by atoms with Crippen molar-refractivity contribution >= 4 is 23.7 Å². The van der Waals surface area contributed by atoms with Gasteiger partial charge in [0, 0.05) is 12.8 Å². The van der Waals surface area contributed by atoms with E-state index in [9.17, 15) is 24.3 Å². The highest BCUT2D eigenvalue weighted by atomic mass is 16.5. The average Bonchev–Trinajstić information content (AvgIpc) is 2.55. The fourth-order valence-corrected chi connectivity index (χ4v) is 2.36. The molecule has 0 aromatic heterocycles. The molecule has 0 saturated carbocycles. The van der Waals surface area contributed by atoms with Gasteiger partial charge in [-0.2, -0.15) is 0 Å². The molecule has 0 aromatic rings. The minimum atomic E-state index is -0.745. The van der Waals surface area contributed by atoms with Gasteiger partial charge in [-0.05, 0) is 17.3 Å². The molecule has 10 heteroatoms. The maximum atomic E-state index is 12.2. The van der Waals surface area contributed by atoms with Crippen LogP contribution < -0.4 is 22.1 Å². The summed E-state index contributed by atoms with van der Waals surface area (Å²) in [5.41, 5.74) is 5.48. The molecule has 0 rings (SSSR count). The Balaban J connectivity index is 4.54. The minimum Gasteiger partial charge on any atom is -0.462 e. The number of esters is 1. The van der Waals surface area contributed by atoms with Crippen LogP contribution in [0.3, 0.4) is 0 Å². The number of aliphatic hydroxyl groups excluding tert-OH is 1. The number of nitrogens with one attached hydrogen (secondary N) is 3. The lowest BCUT2D eigenvalue weighted by atomic mass is 9.82. The summed E-state index contributed by atoms with van der Waals surface area (Å²) in [5, 5.41) is 10.4. The predicted octanol–water partition coefficient (Wildman–Crippen LogP) is 0.439. The number of ether oxygens (including phenoxy) is 1.